The fourth-order valence-electron chi connectivity index (χ4n) is 8.47. The maximum atomic E-state index is 2.48. The van der Waals surface area contributed by atoms with Gasteiger partial charge in [0.1, 0.15) is 0 Å². The second-order valence-electron chi connectivity index (χ2n) is 14.5. The van der Waals surface area contributed by atoms with Crippen molar-refractivity contribution in [3.05, 3.63) is 144 Å². The first-order valence-electron chi connectivity index (χ1n) is 16.2. The highest BCUT2D eigenvalue weighted by molar-refractivity contribution is 6.20. The average Bonchev–Trinajstić information content (AvgIpc) is 3.28. The minimum Gasteiger partial charge on any atom is -0.0616 e. The first-order valence-corrected chi connectivity index (χ1v) is 16.2. The molecule has 0 saturated carbocycles. The van der Waals surface area contributed by atoms with Gasteiger partial charge in [-0.2, -0.15) is 0 Å². The molecular formula is C45H36. The fraction of sp³-hybridized carbons (Fsp3) is 0.156. The van der Waals surface area contributed by atoms with E-state index in [0.29, 0.717) is 0 Å². The molecule has 9 rings (SSSR count). The Morgan fingerprint density at radius 2 is 1.09 bits per heavy atom. The maximum absolute atomic E-state index is 2.48. The Hall–Kier alpha value is -4.94. The molecule has 8 aromatic carbocycles. The molecule has 0 aliphatic heterocycles. The second-order valence-corrected chi connectivity index (χ2v) is 14.5. The van der Waals surface area contributed by atoms with E-state index in [1.807, 2.05) is 0 Å². The van der Waals surface area contributed by atoms with Crippen molar-refractivity contribution in [3.63, 3.8) is 0 Å². The first-order chi connectivity index (χ1) is 21.7. The molecule has 0 nitrogen and oxygen atoms in total. The number of fused-ring (bicyclic) bond motifs is 3. The molecule has 8 aromatic rings. The Kier molecular flexibility index (Phi) is 5.32. The van der Waals surface area contributed by atoms with E-state index < -0.39 is 0 Å². The Bertz CT molecular complexity index is 2530. The zero-order valence-corrected chi connectivity index (χ0v) is 26.6. The van der Waals surface area contributed by atoms with Gasteiger partial charge >= 0.3 is 0 Å². The van der Waals surface area contributed by atoms with Gasteiger partial charge in [0.15, 0.2) is 0 Å². The Balaban J connectivity index is 1.38. The third kappa shape index (κ3) is 3.66. The Morgan fingerprint density at radius 3 is 1.91 bits per heavy atom. The second kappa shape index (κ2) is 9.05. The molecule has 0 unspecified atom stereocenters. The van der Waals surface area contributed by atoms with Gasteiger partial charge in [0.05, 0.1) is 0 Å². The summed E-state index contributed by atoms with van der Waals surface area (Å²) < 4.78 is 0. The van der Waals surface area contributed by atoms with Gasteiger partial charge in [0, 0.05) is 5.41 Å². The third-order valence-electron chi connectivity index (χ3n) is 10.5. The van der Waals surface area contributed by atoms with Crippen LogP contribution in [0.2, 0.25) is 0 Å². The van der Waals surface area contributed by atoms with Crippen LogP contribution in [0.1, 0.15) is 51.3 Å². The topological polar surface area (TPSA) is 0 Å². The smallest absolute Gasteiger partial charge is 0.0159 e. The summed E-state index contributed by atoms with van der Waals surface area (Å²) in [4.78, 5) is 0. The van der Waals surface area contributed by atoms with Crippen LogP contribution in [0.25, 0.3) is 76.1 Å². The number of rotatable bonds is 2. The summed E-state index contributed by atoms with van der Waals surface area (Å²) in [5.74, 6) is 0. The molecule has 0 saturated heterocycles. The van der Waals surface area contributed by atoms with Gasteiger partial charge in [0.25, 0.3) is 0 Å². The molecule has 0 atom stereocenters. The van der Waals surface area contributed by atoms with Crippen LogP contribution in [0.3, 0.4) is 0 Å². The van der Waals surface area contributed by atoms with Crippen LogP contribution >= 0.6 is 0 Å². The SMILES string of the molecule is CC(C)(C)c1c2ccccc2c(-c2cccc3ccccc23)c2ccc(-c3cc4c5c(ccc6cccc(c65)C4(C)C)c3)cc12. The number of benzene rings is 8. The quantitative estimate of drug-likeness (QED) is 0.142. The van der Waals surface area contributed by atoms with Crippen LogP contribution in [0.4, 0.5) is 0 Å². The molecule has 0 aromatic heterocycles. The van der Waals surface area contributed by atoms with Crippen molar-refractivity contribution < 1.29 is 0 Å². The van der Waals surface area contributed by atoms with E-state index in [9.17, 15) is 0 Å². The van der Waals surface area contributed by atoms with E-state index in [-0.39, 0.29) is 10.8 Å². The lowest BCUT2D eigenvalue weighted by molar-refractivity contribution is 0.601. The molecule has 45 heavy (non-hydrogen) atoms. The van der Waals surface area contributed by atoms with Crippen LogP contribution < -0.4 is 0 Å². The van der Waals surface area contributed by atoms with Gasteiger partial charge in [-0.05, 0) is 116 Å². The minimum absolute atomic E-state index is 0.0391. The van der Waals surface area contributed by atoms with Gasteiger partial charge in [-0.1, -0.05) is 144 Å². The highest BCUT2D eigenvalue weighted by Gasteiger charge is 2.34. The Morgan fingerprint density at radius 1 is 0.444 bits per heavy atom. The predicted molar refractivity (Wildman–Crippen MR) is 196 cm³/mol. The van der Waals surface area contributed by atoms with Gasteiger partial charge in [0.2, 0.25) is 0 Å². The van der Waals surface area contributed by atoms with E-state index in [0.717, 1.165) is 0 Å². The normalized spacial score (nSPS) is 14.1. The summed E-state index contributed by atoms with van der Waals surface area (Å²) in [6.45, 7) is 11.9. The van der Waals surface area contributed by atoms with E-state index >= 15 is 0 Å². The van der Waals surface area contributed by atoms with Crippen molar-refractivity contribution in [2.24, 2.45) is 0 Å². The molecule has 0 heteroatoms. The van der Waals surface area contributed by atoms with Crippen molar-refractivity contribution in [1.29, 1.82) is 0 Å². The number of hydrogen-bond donors (Lipinski definition) is 0. The largest absolute Gasteiger partial charge is 0.0616 e. The Labute approximate surface area is 265 Å². The minimum atomic E-state index is -0.0412. The summed E-state index contributed by atoms with van der Waals surface area (Å²) in [5.41, 5.74) is 9.40. The van der Waals surface area contributed by atoms with Crippen LogP contribution in [0, 0.1) is 0 Å². The van der Waals surface area contributed by atoms with Crippen molar-refractivity contribution in [2.75, 3.05) is 0 Å². The third-order valence-corrected chi connectivity index (χ3v) is 10.5. The molecule has 0 spiro atoms. The van der Waals surface area contributed by atoms with E-state index in [1.165, 1.54) is 92.8 Å². The van der Waals surface area contributed by atoms with Crippen molar-refractivity contribution >= 4 is 53.9 Å². The molecule has 1 aliphatic rings. The monoisotopic (exact) mass is 576 g/mol. The standard InChI is InChI=1S/C45H36/c1-44(2,3)43-36-17-9-8-16-34(36)42(33-18-10-13-27-12-6-7-15-32(27)33)35-23-22-29(25-37(35)43)31-24-30-21-20-28-14-11-19-38-40(28)41(30)39(26-31)45(38,4)5/h6-26H,1-5H3. The van der Waals surface area contributed by atoms with Crippen LogP contribution in [0.5, 0.6) is 0 Å². The van der Waals surface area contributed by atoms with Crippen LogP contribution in [-0.2, 0) is 10.8 Å². The van der Waals surface area contributed by atoms with Gasteiger partial charge < -0.3 is 0 Å². The molecule has 1 aliphatic carbocycles. The first kappa shape index (κ1) is 26.5. The van der Waals surface area contributed by atoms with Crippen LogP contribution in [-0.4, -0.2) is 0 Å². The summed E-state index contributed by atoms with van der Waals surface area (Å²) in [5, 5.41) is 13.4. The molecule has 0 amide bonds. The molecule has 0 fully saturated rings. The summed E-state index contributed by atoms with van der Waals surface area (Å²) >= 11 is 0. The highest BCUT2D eigenvalue weighted by atomic mass is 14.4. The zero-order chi connectivity index (χ0) is 30.7. The molecule has 0 heterocycles. The zero-order valence-electron chi connectivity index (χ0n) is 26.6. The molecule has 216 valence electrons. The lowest BCUT2D eigenvalue weighted by atomic mass is 9.77. The lowest BCUT2D eigenvalue weighted by Crippen LogP contribution is -2.15. The summed E-state index contributed by atoms with van der Waals surface area (Å²) in [6, 6.07) is 48.1. The van der Waals surface area contributed by atoms with Gasteiger partial charge in [-0.3, -0.25) is 0 Å². The predicted octanol–water partition coefficient (Wildman–Crippen LogP) is 12.7. The van der Waals surface area contributed by atoms with Gasteiger partial charge in [-0.25, -0.2) is 0 Å². The molecular weight excluding hydrogens is 540 g/mol. The van der Waals surface area contributed by atoms with E-state index in [2.05, 4.69) is 162 Å². The van der Waals surface area contributed by atoms with Crippen LogP contribution in [0.15, 0.2) is 127 Å². The molecule has 0 N–H and O–H groups in total. The van der Waals surface area contributed by atoms with Crippen molar-refractivity contribution in [3.8, 4) is 22.3 Å². The highest BCUT2D eigenvalue weighted by Crippen LogP contribution is 2.51. The van der Waals surface area contributed by atoms with Gasteiger partial charge in [-0.15, -0.1) is 0 Å². The summed E-state index contributed by atoms with van der Waals surface area (Å²) in [6.07, 6.45) is 0. The number of hydrogen-bond acceptors (Lipinski definition) is 0. The lowest BCUT2D eigenvalue weighted by Gasteiger charge is -2.27. The maximum Gasteiger partial charge on any atom is 0.0159 e. The van der Waals surface area contributed by atoms with Crippen molar-refractivity contribution in [1.82, 2.24) is 0 Å². The average molecular weight is 577 g/mol. The summed E-state index contributed by atoms with van der Waals surface area (Å²) in [7, 11) is 0. The van der Waals surface area contributed by atoms with Crippen molar-refractivity contribution in [2.45, 2.75) is 45.4 Å². The molecule has 0 bridgehead atoms. The van der Waals surface area contributed by atoms with E-state index in [1.54, 1.807) is 0 Å². The van der Waals surface area contributed by atoms with E-state index in [4.69, 9.17) is 0 Å². The molecule has 0 radical (unpaired) electrons. The fourth-order valence-corrected chi connectivity index (χ4v) is 8.47.